The van der Waals surface area contributed by atoms with E-state index in [1.165, 1.54) is 0 Å². The highest BCUT2D eigenvalue weighted by Crippen LogP contribution is 2.11. The van der Waals surface area contributed by atoms with Crippen molar-refractivity contribution in [3.05, 3.63) is 0 Å². The third-order valence-electron chi connectivity index (χ3n) is 2.94. The van der Waals surface area contributed by atoms with Crippen LogP contribution in [0.3, 0.4) is 0 Å². The second-order valence-corrected chi connectivity index (χ2v) is 4.68. The smallest absolute Gasteiger partial charge is 0.240 e. The molecule has 1 heterocycles. The topological polar surface area (TPSA) is 84.2 Å². The van der Waals surface area contributed by atoms with Crippen LogP contribution in [0.2, 0.25) is 0 Å². The van der Waals surface area contributed by atoms with Crippen LogP contribution in [0.15, 0.2) is 0 Å². The van der Waals surface area contributed by atoms with E-state index in [-0.39, 0.29) is 30.2 Å². The van der Waals surface area contributed by atoms with Gasteiger partial charge in [-0.25, -0.2) is 0 Å². The van der Waals surface area contributed by atoms with Crippen molar-refractivity contribution in [1.29, 1.82) is 0 Å². The van der Waals surface area contributed by atoms with Crippen molar-refractivity contribution < 1.29 is 9.59 Å². The fourth-order valence-electron chi connectivity index (χ4n) is 1.91. The maximum Gasteiger partial charge on any atom is 0.240 e. The van der Waals surface area contributed by atoms with Crippen LogP contribution in [0.4, 0.5) is 0 Å². The monoisotopic (exact) mass is 263 g/mol. The lowest BCUT2D eigenvalue weighted by Gasteiger charge is -2.25. The van der Waals surface area contributed by atoms with Gasteiger partial charge in [-0.3, -0.25) is 9.59 Å². The predicted molar refractivity (Wildman–Crippen MR) is 68.8 cm³/mol. The summed E-state index contributed by atoms with van der Waals surface area (Å²) < 4.78 is 0. The highest BCUT2D eigenvalue weighted by atomic mass is 35.5. The van der Waals surface area contributed by atoms with E-state index < -0.39 is 11.9 Å². The second-order valence-electron chi connectivity index (χ2n) is 4.68. The third-order valence-corrected chi connectivity index (χ3v) is 2.94. The van der Waals surface area contributed by atoms with E-state index >= 15 is 0 Å². The van der Waals surface area contributed by atoms with E-state index in [0.29, 0.717) is 6.54 Å². The van der Waals surface area contributed by atoms with Gasteiger partial charge in [0, 0.05) is 6.54 Å². The van der Waals surface area contributed by atoms with Gasteiger partial charge in [-0.15, -0.1) is 12.4 Å². The summed E-state index contributed by atoms with van der Waals surface area (Å²) >= 11 is 0. The average molecular weight is 264 g/mol. The maximum absolute atomic E-state index is 11.9. The van der Waals surface area contributed by atoms with Gasteiger partial charge in [-0.05, 0) is 25.3 Å². The largest absolute Gasteiger partial charge is 0.368 e. The highest BCUT2D eigenvalue weighted by Gasteiger charge is 2.26. The summed E-state index contributed by atoms with van der Waals surface area (Å²) in [5.74, 6) is -0.538. The fraction of sp³-hybridized carbons (Fsp3) is 0.818. The van der Waals surface area contributed by atoms with Gasteiger partial charge < -0.3 is 16.4 Å². The Labute approximate surface area is 108 Å². The SMILES string of the molecule is CC(C)C(NC(=O)[C@@H]1CCCNC1)C(N)=O.Cl. The molecule has 6 heteroatoms. The Morgan fingerprint density at radius 3 is 2.47 bits per heavy atom. The lowest BCUT2D eigenvalue weighted by atomic mass is 9.97. The molecule has 5 nitrogen and oxygen atoms in total. The van der Waals surface area contributed by atoms with Gasteiger partial charge >= 0.3 is 0 Å². The third kappa shape index (κ3) is 4.91. The Balaban J connectivity index is 0.00000256. The Morgan fingerprint density at radius 2 is 2.06 bits per heavy atom. The van der Waals surface area contributed by atoms with Crippen molar-refractivity contribution in [2.24, 2.45) is 17.6 Å². The average Bonchev–Trinajstić information content (AvgIpc) is 2.25. The Bertz CT molecular complexity index is 265. The molecule has 0 aromatic rings. The summed E-state index contributed by atoms with van der Waals surface area (Å²) in [6.07, 6.45) is 1.88. The van der Waals surface area contributed by atoms with E-state index in [2.05, 4.69) is 10.6 Å². The summed E-state index contributed by atoms with van der Waals surface area (Å²) in [5.41, 5.74) is 5.25. The van der Waals surface area contributed by atoms with Gasteiger partial charge in [-0.2, -0.15) is 0 Å². The number of hydrogen-bond donors (Lipinski definition) is 3. The Hall–Kier alpha value is -0.810. The molecule has 1 rings (SSSR count). The molecule has 2 atom stereocenters. The first kappa shape index (κ1) is 16.2. The number of halogens is 1. The van der Waals surface area contributed by atoms with Gasteiger partial charge in [0.1, 0.15) is 6.04 Å². The quantitative estimate of drug-likeness (QED) is 0.669. The molecule has 0 saturated carbocycles. The molecule has 100 valence electrons. The standard InChI is InChI=1S/C11H21N3O2.ClH/c1-7(2)9(10(12)15)14-11(16)8-4-3-5-13-6-8;/h7-9,13H,3-6H2,1-2H3,(H2,12,15)(H,14,16);1H/t8-,9?;/m1./s1. The van der Waals surface area contributed by atoms with Crippen LogP contribution < -0.4 is 16.4 Å². The summed E-state index contributed by atoms with van der Waals surface area (Å²) in [4.78, 5) is 23.0. The van der Waals surface area contributed by atoms with Crippen molar-refractivity contribution in [1.82, 2.24) is 10.6 Å². The van der Waals surface area contributed by atoms with Crippen LogP contribution in [0.5, 0.6) is 0 Å². The number of primary amides is 1. The van der Waals surface area contributed by atoms with Crippen molar-refractivity contribution in [2.75, 3.05) is 13.1 Å². The van der Waals surface area contributed by atoms with Crippen LogP contribution in [-0.2, 0) is 9.59 Å². The second kappa shape index (κ2) is 7.50. The number of carbonyl (C=O) groups excluding carboxylic acids is 2. The molecular formula is C11H22ClN3O2. The highest BCUT2D eigenvalue weighted by molar-refractivity contribution is 5.87. The van der Waals surface area contributed by atoms with E-state index in [1.54, 1.807) is 0 Å². The molecule has 0 aromatic carbocycles. The van der Waals surface area contributed by atoms with Crippen molar-refractivity contribution in [3.63, 3.8) is 0 Å². The maximum atomic E-state index is 11.9. The number of rotatable bonds is 4. The molecule has 1 saturated heterocycles. The van der Waals surface area contributed by atoms with E-state index in [9.17, 15) is 9.59 Å². The molecular weight excluding hydrogens is 242 g/mol. The van der Waals surface area contributed by atoms with Crippen LogP contribution in [-0.4, -0.2) is 30.9 Å². The lowest BCUT2D eigenvalue weighted by molar-refractivity contribution is -0.131. The number of amides is 2. The molecule has 0 spiro atoms. The normalized spacial score (nSPS) is 21.5. The van der Waals surface area contributed by atoms with Gasteiger partial charge in [0.15, 0.2) is 0 Å². The molecule has 0 bridgehead atoms. The molecule has 1 aliphatic heterocycles. The first-order valence-corrected chi connectivity index (χ1v) is 5.82. The van der Waals surface area contributed by atoms with Crippen molar-refractivity contribution in [3.8, 4) is 0 Å². The molecule has 0 aromatic heterocycles. The first-order valence-electron chi connectivity index (χ1n) is 5.82. The molecule has 1 fully saturated rings. The number of nitrogens with one attached hydrogen (secondary N) is 2. The fourth-order valence-corrected chi connectivity index (χ4v) is 1.91. The van der Waals surface area contributed by atoms with E-state index in [1.807, 2.05) is 13.8 Å². The van der Waals surface area contributed by atoms with E-state index in [0.717, 1.165) is 19.4 Å². The molecule has 17 heavy (non-hydrogen) atoms. The molecule has 0 aliphatic carbocycles. The van der Waals surface area contributed by atoms with Gasteiger partial charge in [-0.1, -0.05) is 13.8 Å². The van der Waals surface area contributed by atoms with Crippen LogP contribution in [0.1, 0.15) is 26.7 Å². The number of carbonyl (C=O) groups is 2. The minimum atomic E-state index is -0.561. The summed E-state index contributed by atoms with van der Waals surface area (Å²) in [6, 6.07) is -0.561. The molecule has 2 amide bonds. The van der Waals surface area contributed by atoms with Crippen molar-refractivity contribution >= 4 is 24.2 Å². The zero-order valence-electron chi connectivity index (χ0n) is 10.4. The molecule has 1 aliphatic rings. The minimum absolute atomic E-state index is 0. The first-order chi connectivity index (χ1) is 7.52. The summed E-state index contributed by atoms with van der Waals surface area (Å²) in [5, 5.41) is 5.90. The van der Waals surface area contributed by atoms with Gasteiger partial charge in [0.05, 0.1) is 5.92 Å². The summed E-state index contributed by atoms with van der Waals surface area (Å²) in [6.45, 7) is 5.40. The Morgan fingerprint density at radius 1 is 1.41 bits per heavy atom. The van der Waals surface area contributed by atoms with Gasteiger partial charge in [0.25, 0.3) is 0 Å². The lowest BCUT2D eigenvalue weighted by Crippen LogP contribution is -2.51. The number of hydrogen-bond acceptors (Lipinski definition) is 3. The number of piperidine rings is 1. The molecule has 4 N–H and O–H groups in total. The molecule has 1 unspecified atom stereocenters. The number of nitrogens with two attached hydrogens (primary N) is 1. The zero-order valence-corrected chi connectivity index (χ0v) is 11.2. The molecule has 0 radical (unpaired) electrons. The van der Waals surface area contributed by atoms with Gasteiger partial charge in [0.2, 0.25) is 11.8 Å². The summed E-state index contributed by atoms with van der Waals surface area (Å²) in [7, 11) is 0. The van der Waals surface area contributed by atoms with Crippen molar-refractivity contribution in [2.45, 2.75) is 32.7 Å². The van der Waals surface area contributed by atoms with Crippen LogP contribution in [0, 0.1) is 11.8 Å². The Kier molecular flexibility index (Phi) is 7.15. The predicted octanol–water partition coefficient (Wildman–Crippen LogP) is 0.0339. The van der Waals surface area contributed by atoms with E-state index in [4.69, 9.17) is 5.73 Å². The van der Waals surface area contributed by atoms with Crippen LogP contribution in [0.25, 0.3) is 0 Å². The minimum Gasteiger partial charge on any atom is -0.368 e. The van der Waals surface area contributed by atoms with Crippen LogP contribution >= 0.6 is 12.4 Å². The zero-order chi connectivity index (χ0) is 12.1.